The average molecular weight is 240 g/mol. The number of hydrogen-bond donors (Lipinski definition) is 6. The summed E-state index contributed by atoms with van der Waals surface area (Å²) in [6, 6.07) is 0. The van der Waals surface area contributed by atoms with Crippen LogP contribution in [0, 0.1) is 0 Å². The van der Waals surface area contributed by atoms with Gasteiger partial charge in [0.25, 0.3) is 0 Å². The van der Waals surface area contributed by atoms with Crippen molar-refractivity contribution in [3.05, 3.63) is 0 Å². The first-order valence-corrected chi connectivity index (χ1v) is 4.29. The molecule has 94 valence electrons. The molecular weight excluding hydrogens is 228 g/mol. The Bertz CT molecular complexity index is 259. The summed E-state index contributed by atoms with van der Waals surface area (Å²) in [6.07, 6.45) is -9.22. The van der Waals surface area contributed by atoms with Crippen LogP contribution in [0.4, 0.5) is 4.79 Å². The summed E-state index contributed by atoms with van der Waals surface area (Å²) in [4.78, 5) is 10.3. The van der Waals surface area contributed by atoms with Crippen molar-refractivity contribution in [3.8, 4) is 0 Å². The number of carbonyl (C=O) groups excluding carboxylic acids is 1. The molecule has 1 heterocycles. The van der Waals surface area contributed by atoms with Crippen LogP contribution in [0.3, 0.4) is 0 Å². The van der Waals surface area contributed by atoms with Gasteiger partial charge in [-0.25, -0.2) is 4.79 Å². The summed E-state index contributed by atoms with van der Waals surface area (Å²) in [5.41, 5.74) is 0. The minimum Gasteiger partial charge on any atom is -0.394 e. The molecule has 0 aromatic carbocycles. The third-order valence-electron chi connectivity index (χ3n) is 2.09. The summed E-state index contributed by atoms with van der Waals surface area (Å²) in [6.45, 7) is -0.871. The second-order valence-electron chi connectivity index (χ2n) is 3.26. The number of ether oxygens (including phenoxy) is 2. The van der Waals surface area contributed by atoms with Crippen molar-refractivity contribution in [3.63, 3.8) is 0 Å². The zero-order valence-corrected chi connectivity index (χ0v) is 7.92. The molecule has 1 aliphatic rings. The molecule has 1 aliphatic heterocycles. The van der Waals surface area contributed by atoms with Gasteiger partial charge in [-0.15, -0.1) is 0 Å². The Morgan fingerprint density at radius 1 is 1.12 bits per heavy atom. The summed E-state index contributed by atoms with van der Waals surface area (Å²) >= 11 is 0. The van der Waals surface area contributed by atoms with Gasteiger partial charge in [0, 0.05) is 0 Å². The van der Waals surface area contributed by atoms with Gasteiger partial charge in [-0.05, 0) is 0 Å². The maximum Gasteiger partial charge on any atom is 0.518 e. The lowest BCUT2D eigenvalue weighted by Gasteiger charge is -2.39. The molecule has 0 aromatic rings. The first-order valence-electron chi connectivity index (χ1n) is 4.29. The molecule has 0 bridgehead atoms. The standard InChI is InChI=1S/C7H12O9/c8-1-2(9)3(10)4(11)5(12)7(14)15-6(13)16-7/h2-5,8-12,14H,1H2/t2-,3+,4+,5+/m0/s1. The summed E-state index contributed by atoms with van der Waals surface area (Å²) in [5, 5.41) is 54.3. The van der Waals surface area contributed by atoms with Crippen LogP contribution in [0.5, 0.6) is 0 Å². The van der Waals surface area contributed by atoms with E-state index in [1.54, 1.807) is 0 Å². The van der Waals surface area contributed by atoms with Crippen LogP contribution in [0.2, 0.25) is 0 Å². The van der Waals surface area contributed by atoms with Gasteiger partial charge in [-0.1, -0.05) is 0 Å². The van der Waals surface area contributed by atoms with Crippen molar-refractivity contribution < 1.29 is 44.9 Å². The molecule has 1 saturated heterocycles. The molecule has 6 N–H and O–H groups in total. The van der Waals surface area contributed by atoms with E-state index >= 15 is 0 Å². The normalized spacial score (nSPS) is 25.8. The number of hydrogen-bond acceptors (Lipinski definition) is 9. The number of rotatable bonds is 5. The van der Waals surface area contributed by atoms with Gasteiger partial charge in [0.05, 0.1) is 6.61 Å². The predicted octanol–water partition coefficient (Wildman–Crippen LogP) is -3.76. The Morgan fingerprint density at radius 2 is 1.62 bits per heavy atom. The highest BCUT2D eigenvalue weighted by Gasteiger charge is 2.58. The predicted molar refractivity (Wildman–Crippen MR) is 43.6 cm³/mol. The zero-order valence-electron chi connectivity index (χ0n) is 7.92. The SMILES string of the molecule is O=C1OC(O)([C@H](O)[C@H](O)[C@H](O)[C@@H](O)CO)O1. The van der Waals surface area contributed by atoms with Crippen molar-refractivity contribution >= 4 is 6.16 Å². The molecule has 16 heavy (non-hydrogen) atoms. The van der Waals surface area contributed by atoms with Gasteiger partial charge < -0.3 is 40.1 Å². The number of aliphatic hydroxyl groups excluding tert-OH is 5. The van der Waals surface area contributed by atoms with Crippen LogP contribution in [0.1, 0.15) is 0 Å². The minimum atomic E-state index is -2.76. The van der Waals surface area contributed by atoms with E-state index < -0.39 is 43.2 Å². The van der Waals surface area contributed by atoms with E-state index in [-0.39, 0.29) is 0 Å². The van der Waals surface area contributed by atoms with Crippen LogP contribution in [0.15, 0.2) is 0 Å². The van der Waals surface area contributed by atoms with Crippen LogP contribution in [-0.2, 0) is 9.47 Å². The van der Waals surface area contributed by atoms with Crippen LogP contribution < -0.4 is 0 Å². The Morgan fingerprint density at radius 3 is 2.00 bits per heavy atom. The fourth-order valence-electron chi connectivity index (χ4n) is 1.11. The first kappa shape index (κ1) is 13.1. The van der Waals surface area contributed by atoms with E-state index in [1.807, 2.05) is 0 Å². The maximum atomic E-state index is 10.3. The first-order chi connectivity index (χ1) is 7.31. The third kappa shape index (κ3) is 2.24. The quantitative estimate of drug-likeness (QED) is 0.265. The van der Waals surface area contributed by atoms with E-state index in [0.29, 0.717) is 0 Å². The fraction of sp³-hybridized carbons (Fsp3) is 0.857. The second kappa shape index (κ2) is 4.49. The van der Waals surface area contributed by atoms with E-state index in [9.17, 15) is 25.2 Å². The molecule has 1 fully saturated rings. The highest BCUT2D eigenvalue weighted by atomic mass is 17.0. The van der Waals surface area contributed by atoms with Crippen molar-refractivity contribution in [1.82, 2.24) is 0 Å². The topological polar surface area (TPSA) is 157 Å². The lowest BCUT2D eigenvalue weighted by molar-refractivity contribution is -0.429. The molecular formula is C7H12O9. The smallest absolute Gasteiger partial charge is 0.394 e. The fourth-order valence-corrected chi connectivity index (χ4v) is 1.11. The van der Waals surface area contributed by atoms with Gasteiger partial charge in [0.1, 0.15) is 18.3 Å². The number of carbonyl (C=O) groups is 1. The Kier molecular flexibility index (Phi) is 3.68. The number of cyclic esters (lactones) is 2. The van der Waals surface area contributed by atoms with Crippen LogP contribution in [-0.4, -0.2) is 73.8 Å². The van der Waals surface area contributed by atoms with Gasteiger partial charge >= 0.3 is 12.1 Å². The Balaban J connectivity index is 2.60. The molecule has 0 amide bonds. The van der Waals surface area contributed by atoms with Gasteiger partial charge in [0.15, 0.2) is 6.10 Å². The van der Waals surface area contributed by atoms with Crippen molar-refractivity contribution in [2.24, 2.45) is 0 Å². The molecule has 0 aromatic heterocycles. The van der Waals surface area contributed by atoms with E-state index in [4.69, 9.17) is 10.2 Å². The second-order valence-corrected chi connectivity index (χ2v) is 3.26. The van der Waals surface area contributed by atoms with Gasteiger partial charge in [-0.2, -0.15) is 0 Å². The third-order valence-corrected chi connectivity index (χ3v) is 2.09. The molecule has 9 nitrogen and oxygen atoms in total. The monoisotopic (exact) mass is 240 g/mol. The molecule has 0 spiro atoms. The van der Waals surface area contributed by atoms with E-state index in [1.165, 1.54) is 0 Å². The Hall–Kier alpha value is -0.970. The molecule has 0 radical (unpaired) electrons. The molecule has 0 saturated carbocycles. The largest absolute Gasteiger partial charge is 0.518 e. The molecule has 9 heteroatoms. The summed E-state index contributed by atoms with van der Waals surface area (Å²) < 4.78 is 8.00. The van der Waals surface area contributed by atoms with E-state index in [0.717, 1.165) is 0 Å². The van der Waals surface area contributed by atoms with Crippen molar-refractivity contribution in [2.45, 2.75) is 30.4 Å². The Labute approximate surface area is 89.1 Å². The number of aliphatic hydroxyl groups is 6. The van der Waals surface area contributed by atoms with Crippen molar-refractivity contribution in [2.75, 3.05) is 6.61 Å². The summed E-state index contributed by atoms with van der Waals surface area (Å²) in [7, 11) is 0. The highest BCUT2D eigenvalue weighted by molar-refractivity contribution is 5.65. The van der Waals surface area contributed by atoms with Crippen molar-refractivity contribution in [1.29, 1.82) is 0 Å². The van der Waals surface area contributed by atoms with Gasteiger partial charge in [0.2, 0.25) is 0 Å². The lowest BCUT2D eigenvalue weighted by Crippen LogP contribution is -2.64. The molecule has 0 unspecified atom stereocenters. The minimum absolute atomic E-state index is 0.871. The van der Waals surface area contributed by atoms with Crippen LogP contribution >= 0.6 is 0 Å². The lowest BCUT2D eigenvalue weighted by atomic mass is 10.0. The molecule has 4 atom stereocenters. The molecule has 0 aliphatic carbocycles. The highest BCUT2D eigenvalue weighted by Crippen LogP contribution is 2.28. The molecule has 1 rings (SSSR count). The maximum absolute atomic E-state index is 10.3. The van der Waals surface area contributed by atoms with E-state index in [2.05, 4.69) is 9.47 Å². The summed E-state index contributed by atoms with van der Waals surface area (Å²) in [5.74, 6) is -2.76. The van der Waals surface area contributed by atoms with Crippen LogP contribution in [0.25, 0.3) is 0 Å². The average Bonchev–Trinajstić information content (AvgIpc) is 2.22. The zero-order chi connectivity index (χ0) is 12.5. The van der Waals surface area contributed by atoms with Gasteiger partial charge in [-0.3, -0.25) is 0 Å².